The number of nitrogens with one attached hydrogen (secondary N) is 1. The summed E-state index contributed by atoms with van der Waals surface area (Å²) in [6.45, 7) is 3.26. The number of nitrogens with zero attached hydrogens (tertiary/aromatic N) is 2. The van der Waals surface area contributed by atoms with Crippen LogP contribution < -0.4 is 14.2 Å². The highest BCUT2D eigenvalue weighted by Crippen LogP contribution is 2.41. The van der Waals surface area contributed by atoms with Crippen molar-refractivity contribution in [3.8, 4) is 17.2 Å². The van der Waals surface area contributed by atoms with E-state index in [1.54, 1.807) is 25.3 Å². The van der Waals surface area contributed by atoms with Gasteiger partial charge in [0.2, 0.25) is 0 Å². The third-order valence-corrected chi connectivity index (χ3v) is 7.54. The van der Waals surface area contributed by atoms with E-state index in [0.717, 1.165) is 54.7 Å². The standard InChI is InChI=1S/C27H30FN3O5/c1-33-24-11-19-23(12-25(24)34-9-8-32)35-15-21-26(36-30-27(19)21)14-31-6-4-16(5-7-31)20-13-29-22-3-2-17(28)10-18(20)22/h2-3,10-13,16,21,26,29,32H,4-9,14-15H2,1H3. The maximum Gasteiger partial charge on any atom is 0.165 e. The lowest BCUT2D eigenvalue weighted by atomic mass is 9.87. The second kappa shape index (κ2) is 9.63. The molecule has 3 aliphatic rings. The number of likely N-dealkylation sites (tertiary alicyclic amines) is 1. The molecule has 0 spiro atoms. The summed E-state index contributed by atoms with van der Waals surface area (Å²) in [6, 6.07) is 8.60. The molecule has 2 N–H and O–H groups in total. The Hall–Kier alpha value is -3.30. The molecule has 0 saturated carbocycles. The predicted octanol–water partition coefficient (Wildman–Crippen LogP) is 3.68. The molecule has 1 aromatic heterocycles. The van der Waals surface area contributed by atoms with Gasteiger partial charge in [-0.05, 0) is 61.7 Å². The molecule has 3 aliphatic heterocycles. The Morgan fingerprint density at radius 2 is 2.06 bits per heavy atom. The number of piperidine rings is 1. The fourth-order valence-electron chi connectivity index (χ4n) is 5.64. The summed E-state index contributed by atoms with van der Waals surface area (Å²) >= 11 is 0. The van der Waals surface area contributed by atoms with E-state index in [1.165, 1.54) is 11.6 Å². The third-order valence-electron chi connectivity index (χ3n) is 7.54. The van der Waals surface area contributed by atoms with E-state index in [9.17, 15) is 4.39 Å². The minimum atomic E-state index is -0.197. The molecule has 2 atom stereocenters. The summed E-state index contributed by atoms with van der Waals surface area (Å²) in [7, 11) is 1.58. The zero-order chi connectivity index (χ0) is 24.6. The van der Waals surface area contributed by atoms with Crippen molar-refractivity contribution in [1.29, 1.82) is 0 Å². The van der Waals surface area contributed by atoms with Crippen LogP contribution in [0.5, 0.6) is 17.2 Å². The summed E-state index contributed by atoms with van der Waals surface area (Å²) in [6.07, 6.45) is 3.99. The van der Waals surface area contributed by atoms with Gasteiger partial charge in [0.15, 0.2) is 17.6 Å². The number of fused-ring (bicyclic) bond motifs is 4. The number of aliphatic hydroxyl groups excluding tert-OH is 1. The maximum atomic E-state index is 13.8. The second-order valence-electron chi connectivity index (χ2n) is 9.62. The Morgan fingerprint density at radius 1 is 1.19 bits per heavy atom. The normalized spacial score (nSPS) is 21.9. The van der Waals surface area contributed by atoms with Crippen LogP contribution in [-0.2, 0) is 4.84 Å². The van der Waals surface area contributed by atoms with Crippen molar-refractivity contribution < 1.29 is 28.5 Å². The number of halogens is 1. The molecule has 0 amide bonds. The molecule has 4 heterocycles. The van der Waals surface area contributed by atoms with Crippen molar-refractivity contribution >= 4 is 16.6 Å². The van der Waals surface area contributed by atoms with Gasteiger partial charge < -0.3 is 29.1 Å². The monoisotopic (exact) mass is 495 g/mol. The van der Waals surface area contributed by atoms with Crippen molar-refractivity contribution in [2.45, 2.75) is 24.9 Å². The van der Waals surface area contributed by atoms with E-state index < -0.39 is 0 Å². The minimum Gasteiger partial charge on any atom is -0.493 e. The molecule has 1 fully saturated rings. The van der Waals surface area contributed by atoms with Gasteiger partial charge in [0.1, 0.15) is 30.5 Å². The maximum absolute atomic E-state index is 13.8. The molecule has 9 heteroatoms. The molecule has 6 rings (SSSR count). The summed E-state index contributed by atoms with van der Waals surface area (Å²) < 4.78 is 31.0. The second-order valence-corrected chi connectivity index (χ2v) is 9.62. The van der Waals surface area contributed by atoms with Gasteiger partial charge in [0, 0.05) is 35.3 Å². The van der Waals surface area contributed by atoms with Crippen LogP contribution in [0.15, 0.2) is 41.7 Å². The first-order chi connectivity index (χ1) is 17.6. The molecule has 2 aromatic carbocycles. The van der Waals surface area contributed by atoms with Gasteiger partial charge in [-0.1, -0.05) is 5.16 Å². The number of hydrogen-bond acceptors (Lipinski definition) is 7. The highest BCUT2D eigenvalue weighted by molar-refractivity contribution is 6.06. The van der Waals surface area contributed by atoms with E-state index in [4.69, 9.17) is 24.2 Å². The Bertz CT molecular complexity index is 1280. The lowest BCUT2D eigenvalue weighted by Gasteiger charge is -2.34. The Labute approximate surface area is 208 Å². The number of methoxy groups -OCH3 is 1. The first-order valence-electron chi connectivity index (χ1n) is 12.5. The molecule has 3 aromatic rings. The molecular weight excluding hydrogens is 465 g/mol. The van der Waals surface area contributed by atoms with Crippen LogP contribution in [0.3, 0.4) is 0 Å². The molecule has 8 nitrogen and oxygen atoms in total. The van der Waals surface area contributed by atoms with Crippen molar-refractivity contribution in [1.82, 2.24) is 9.88 Å². The minimum absolute atomic E-state index is 0.0423. The quantitative estimate of drug-likeness (QED) is 0.520. The first kappa shape index (κ1) is 23.1. The van der Waals surface area contributed by atoms with E-state index in [-0.39, 0.29) is 31.1 Å². The number of aliphatic hydroxyl groups is 1. The van der Waals surface area contributed by atoms with Crippen molar-refractivity contribution in [3.63, 3.8) is 0 Å². The van der Waals surface area contributed by atoms with Gasteiger partial charge in [-0.15, -0.1) is 0 Å². The van der Waals surface area contributed by atoms with Crippen LogP contribution in [0, 0.1) is 11.7 Å². The Balaban J connectivity index is 1.10. The van der Waals surface area contributed by atoms with Crippen molar-refractivity contribution in [2.75, 3.05) is 46.6 Å². The molecule has 36 heavy (non-hydrogen) atoms. The molecule has 0 aliphatic carbocycles. The fraction of sp³-hybridized carbons (Fsp3) is 0.444. The number of rotatable bonds is 7. The predicted molar refractivity (Wildman–Crippen MR) is 133 cm³/mol. The number of aromatic nitrogens is 1. The number of ether oxygens (including phenoxy) is 3. The number of H-pyrrole nitrogens is 1. The van der Waals surface area contributed by atoms with E-state index in [1.807, 2.05) is 12.3 Å². The largest absolute Gasteiger partial charge is 0.493 e. The zero-order valence-electron chi connectivity index (χ0n) is 20.2. The summed E-state index contributed by atoms with van der Waals surface area (Å²) in [5.41, 5.74) is 3.93. The highest BCUT2D eigenvalue weighted by atomic mass is 19.1. The van der Waals surface area contributed by atoms with Crippen molar-refractivity contribution in [2.24, 2.45) is 11.1 Å². The van der Waals surface area contributed by atoms with Crippen LogP contribution >= 0.6 is 0 Å². The third kappa shape index (κ3) is 4.16. The van der Waals surface area contributed by atoms with E-state index >= 15 is 0 Å². The molecular formula is C27H30FN3O5. The number of benzene rings is 2. The average Bonchev–Trinajstić information content (AvgIpc) is 3.51. The number of hydrogen-bond donors (Lipinski definition) is 2. The van der Waals surface area contributed by atoms with Crippen LogP contribution in [0.25, 0.3) is 10.9 Å². The van der Waals surface area contributed by atoms with Crippen LogP contribution in [0.4, 0.5) is 4.39 Å². The van der Waals surface area contributed by atoms with E-state index in [2.05, 4.69) is 15.0 Å². The van der Waals surface area contributed by atoms with Gasteiger partial charge in [0.05, 0.1) is 19.6 Å². The highest BCUT2D eigenvalue weighted by Gasteiger charge is 2.41. The van der Waals surface area contributed by atoms with Gasteiger partial charge >= 0.3 is 0 Å². The summed E-state index contributed by atoms with van der Waals surface area (Å²) in [4.78, 5) is 11.6. The van der Waals surface area contributed by atoms with Crippen LogP contribution in [-0.4, -0.2) is 73.4 Å². The number of oxime groups is 1. The lowest BCUT2D eigenvalue weighted by Crippen LogP contribution is -2.43. The molecule has 0 bridgehead atoms. The molecule has 190 valence electrons. The van der Waals surface area contributed by atoms with Gasteiger partial charge in [0.25, 0.3) is 0 Å². The van der Waals surface area contributed by atoms with Crippen molar-refractivity contribution in [3.05, 3.63) is 53.5 Å². The molecule has 2 unspecified atom stereocenters. The van der Waals surface area contributed by atoms with Crippen LogP contribution in [0.2, 0.25) is 0 Å². The summed E-state index contributed by atoms with van der Waals surface area (Å²) in [5.74, 6) is 2.03. The van der Waals surface area contributed by atoms with E-state index in [0.29, 0.717) is 29.8 Å². The van der Waals surface area contributed by atoms with Gasteiger partial charge in [-0.25, -0.2) is 4.39 Å². The fourth-order valence-corrected chi connectivity index (χ4v) is 5.64. The average molecular weight is 496 g/mol. The van der Waals surface area contributed by atoms with Gasteiger partial charge in [-0.3, -0.25) is 4.90 Å². The number of aromatic amines is 1. The molecule has 0 radical (unpaired) electrons. The first-order valence-corrected chi connectivity index (χ1v) is 12.5. The van der Waals surface area contributed by atoms with Crippen LogP contribution in [0.1, 0.15) is 29.9 Å². The SMILES string of the molecule is COc1cc2c(cc1OCCO)OCC1C2=NOC1CN1CCC(c2c[nH]c3ccc(F)cc23)CC1. The Morgan fingerprint density at radius 3 is 2.86 bits per heavy atom. The molecule has 1 saturated heterocycles. The summed E-state index contributed by atoms with van der Waals surface area (Å²) in [5, 5.41) is 14.5. The Kier molecular flexibility index (Phi) is 6.18. The smallest absolute Gasteiger partial charge is 0.165 e. The zero-order valence-corrected chi connectivity index (χ0v) is 20.2. The van der Waals surface area contributed by atoms with Gasteiger partial charge in [-0.2, -0.15) is 0 Å². The topological polar surface area (TPSA) is 88.5 Å². The lowest BCUT2D eigenvalue weighted by molar-refractivity contribution is 0.0161.